The van der Waals surface area contributed by atoms with Crippen LogP contribution in [0, 0.1) is 5.92 Å². The van der Waals surface area contributed by atoms with Crippen molar-refractivity contribution in [1.82, 2.24) is 4.57 Å². The van der Waals surface area contributed by atoms with Crippen molar-refractivity contribution in [2.75, 3.05) is 34.0 Å². The summed E-state index contributed by atoms with van der Waals surface area (Å²) in [5.74, 6) is 0.452. The van der Waals surface area contributed by atoms with Crippen molar-refractivity contribution in [3.63, 3.8) is 0 Å². The minimum Gasteiger partial charge on any atom is -0.493 e. The molecule has 0 spiro atoms. The Balaban J connectivity index is 0.000000614. The predicted octanol–water partition coefficient (Wildman–Crippen LogP) is 2.83. The Bertz CT molecular complexity index is 950. The highest BCUT2D eigenvalue weighted by Gasteiger charge is 2.22. The molecule has 1 aromatic heterocycles. The van der Waals surface area contributed by atoms with E-state index < -0.39 is 11.4 Å². The summed E-state index contributed by atoms with van der Waals surface area (Å²) in [5.41, 5.74) is 1.85. The first-order chi connectivity index (χ1) is 14.8. The average Bonchev–Trinajstić information content (AvgIpc) is 2.75. The first-order valence-corrected chi connectivity index (χ1v) is 10.2. The summed E-state index contributed by atoms with van der Waals surface area (Å²) in [7, 11) is 3.21. The number of carbonyl (C=O) groups is 1. The van der Waals surface area contributed by atoms with Crippen molar-refractivity contribution < 1.29 is 29.2 Å². The van der Waals surface area contributed by atoms with Gasteiger partial charge in [0.25, 0.3) is 0 Å². The Morgan fingerprint density at radius 2 is 1.87 bits per heavy atom. The molecule has 2 aromatic rings. The van der Waals surface area contributed by atoms with Crippen LogP contribution in [0.1, 0.15) is 36.2 Å². The summed E-state index contributed by atoms with van der Waals surface area (Å²) in [6, 6.07) is 5.14. The number of aliphatic hydroxyl groups excluding tert-OH is 1. The second kappa shape index (κ2) is 11.5. The minimum absolute atomic E-state index is 0.220. The molecule has 0 unspecified atom stereocenters. The molecule has 0 amide bonds. The summed E-state index contributed by atoms with van der Waals surface area (Å²) in [6.45, 7) is 5.98. The molecular formula is C23H31NO7. The van der Waals surface area contributed by atoms with Gasteiger partial charge in [-0.3, -0.25) is 4.79 Å². The first kappa shape index (κ1) is 24.4. The van der Waals surface area contributed by atoms with E-state index in [4.69, 9.17) is 24.4 Å². The molecule has 0 bridgehead atoms. The quantitative estimate of drug-likeness (QED) is 0.617. The number of methoxy groups -OCH3 is 2. The van der Waals surface area contributed by atoms with Gasteiger partial charge in [0.15, 0.2) is 16.9 Å². The zero-order valence-corrected chi connectivity index (χ0v) is 18.5. The van der Waals surface area contributed by atoms with Gasteiger partial charge in [-0.25, -0.2) is 4.79 Å². The van der Waals surface area contributed by atoms with Gasteiger partial charge < -0.3 is 29.0 Å². The van der Waals surface area contributed by atoms with Crippen LogP contribution in [0.5, 0.6) is 11.5 Å². The van der Waals surface area contributed by atoms with Crippen molar-refractivity contribution in [3.05, 3.63) is 45.7 Å². The molecule has 170 valence electrons. The molecule has 0 radical (unpaired) electrons. The van der Waals surface area contributed by atoms with Gasteiger partial charge in [-0.05, 0) is 30.0 Å². The Kier molecular flexibility index (Phi) is 9.08. The largest absolute Gasteiger partial charge is 0.493 e. The number of ether oxygens (including phenoxy) is 3. The smallest absolute Gasteiger partial charge is 0.341 e. The van der Waals surface area contributed by atoms with Crippen molar-refractivity contribution >= 4 is 5.97 Å². The van der Waals surface area contributed by atoms with Crippen molar-refractivity contribution in [1.29, 1.82) is 0 Å². The molecule has 1 aromatic carbocycles. The molecule has 0 saturated heterocycles. The Morgan fingerprint density at radius 1 is 1.16 bits per heavy atom. The second-order valence-electron chi connectivity index (χ2n) is 7.62. The topological polar surface area (TPSA) is 107 Å². The number of fused-ring (bicyclic) bond motifs is 3. The van der Waals surface area contributed by atoms with Gasteiger partial charge in [0.1, 0.15) is 5.56 Å². The number of aromatic nitrogens is 1. The van der Waals surface area contributed by atoms with Crippen LogP contribution in [0.4, 0.5) is 0 Å². The molecule has 31 heavy (non-hydrogen) atoms. The zero-order valence-electron chi connectivity index (χ0n) is 18.5. The molecule has 0 saturated carbocycles. The molecule has 8 heteroatoms. The van der Waals surface area contributed by atoms with Crippen molar-refractivity contribution in [2.45, 2.75) is 33.2 Å². The number of aliphatic hydroxyl groups is 1. The SMILES string of the molecule is CC(C)CO.COCCCOc1cc2c(cc1OC)-c1cc(=O)c(C(=O)O)cn1CC2. The van der Waals surface area contributed by atoms with E-state index in [9.17, 15) is 9.59 Å². The standard InChI is InChI=1S/C19H21NO6.C4H10O/c1-24-6-3-7-26-18-8-12-4-5-20-11-14(19(22)23)16(21)10-15(20)13(12)9-17(18)25-2;1-4(2)3-5/h8-11H,3-7H2,1-2H3,(H,22,23);4-5H,3H2,1-2H3. The van der Waals surface area contributed by atoms with Crippen LogP contribution in [0.15, 0.2) is 29.2 Å². The molecule has 0 atom stereocenters. The lowest BCUT2D eigenvalue weighted by atomic mass is 9.96. The summed E-state index contributed by atoms with van der Waals surface area (Å²) < 4.78 is 18.1. The van der Waals surface area contributed by atoms with Crippen LogP contribution in [-0.4, -0.2) is 54.8 Å². The van der Waals surface area contributed by atoms with E-state index in [2.05, 4.69) is 0 Å². The van der Waals surface area contributed by atoms with E-state index in [1.807, 2.05) is 26.0 Å². The molecular weight excluding hydrogens is 402 g/mol. The third kappa shape index (κ3) is 6.32. The maximum absolute atomic E-state index is 12.1. The van der Waals surface area contributed by atoms with Gasteiger partial charge in [-0.15, -0.1) is 0 Å². The van der Waals surface area contributed by atoms with E-state index in [1.165, 1.54) is 12.3 Å². The van der Waals surface area contributed by atoms with Gasteiger partial charge in [0.05, 0.1) is 19.4 Å². The van der Waals surface area contributed by atoms with Crippen LogP contribution < -0.4 is 14.9 Å². The lowest BCUT2D eigenvalue weighted by Gasteiger charge is -2.24. The molecule has 0 fully saturated rings. The van der Waals surface area contributed by atoms with Gasteiger partial charge in [0, 0.05) is 51.1 Å². The van der Waals surface area contributed by atoms with Gasteiger partial charge >= 0.3 is 5.97 Å². The third-order valence-electron chi connectivity index (χ3n) is 4.76. The van der Waals surface area contributed by atoms with E-state index in [0.29, 0.717) is 55.9 Å². The fourth-order valence-electron chi connectivity index (χ4n) is 3.10. The van der Waals surface area contributed by atoms with Crippen molar-refractivity contribution in [2.24, 2.45) is 5.92 Å². The number of aryl methyl sites for hydroxylation is 2. The maximum atomic E-state index is 12.1. The third-order valence-corrected chi connectivity index (χ3v) is 4.76. The van der Waals surface area contributed by atoms with Crippen LogP contribution in [0.3, 0.4) is 0 Å². The van der Waals surface area contributed by atoms with Crippen LogP contribution in [-0.2, 0) is 17.7 Å². The lowest BCUT2D eigenvalue weighted by molar-refractivity contribution is 0.0694. The number of carboxylic acids is 1. The van der Waals surface area contributed by atoms with E-state index in [0.717, 1.165) is 17.5 Å². The fourth-order valence-corrected chi connectivity index (χ4v) is 3.10. The number of hydrogen-bond acceptors (Lipinski definition) is 6. The van der Waals surface area contributed by atoms with Gasteiger partial charge in [0.2, 0.25) is 0 Å². The summed E-state index contributed by atoms with van der Waals surface area (Å²) in [5, 5.41) is 17.3. The van der Waals surface area contributed by atoms with Crippen LogP contribution >= 0.6 is 0 Å². The zero-order chi connectivity index (χ0) is 23.0. The van der Waals surface area contributed by atoms with E-state index in [-0.39, 0.29) is 5.56 Å². The van der Waals surface area contributed by atoms with Crippen molar-refractivity contribution in [3.8, 4) is 22.8 Å². The maximum Gasteiger partial charge on any atom is 0.341 e. The molecule has 2 heterocycles. The molecule has 1 aliphatic rings. The molecule has 1 aliphatic heterocycles. The number of hydrogen-bond donors (Lipinski definition) is 2. The number of aromatic carboxylic acids is 1. The minimum atomic E-state index is -1.21. The number of carboxylic acid groups (broad SMARTS) is 1. The highest BCUT2D eigenvalue weighted by Crippen LogP contribution is 2.38. The van der Waals surface area contributed by atoms with Gasteiger partial charge in [-0.1, -0.05) is 13.8 Å². The van der Waals surface area contributed by atoms with Gasteiger partial charge in [-0.2, -0.15) is 0 Å². The normalized spacial score (nSPS) is 11.8. The molecule has 0 aliphatic carbocycles. The summed E-state index contributed by atoms with van der Waals surface area (Å²) >= 11 is 0. The number of rotatable bonds is 8. The van der Waals surface area contributed by atoms with E-state index in [1.54, 1.807) is 18.8 Å². The molecule has 3 rings (SSSR count). The Labute approximate surface area is 182 Å². The second-order valence-corrected chi connectivity index (χ2v) is 7.62. The number of pyridine rings is 1. The fraction of sp³-hybridized carbons (Fsp3) is 0.478. The Hall–Kier alpha value is -2.84. The first-order valence-electron chi connectivity index (χ1n) is 10.2. The van der Waals surface area contributed by atoms with E-state index >= 15 is 0 Å². The predicted molar refractivity (Wildman–Crippen MR) is 117 cm³/mol. The highest BCUT2D eigenvalue weighted by molar-refractivity contribution is 5.87. The molecule has 2 N–H and O–H groups in total. The lowest BCUT2D eigenvalue weighted by Crippen LogP contribution is -2.22. The molecule has 8 nitrogen and oxygen atoms in total. The number of nitrogens with zero attached hydrogens (tertiary/aromatic N) is 1. The monoisotopic (exact) mass is 433 g/mol. The van der Waals surface area contributed by atoms with Crippen LogP contribution in [0.25, 0.3) is 11.3 Å². The summed E-state index contributed by atoms with van der Waals surface area (Å²) in [6.07, 6.45) is 2.89. The Morgan fingerprint density at radius 3 is 2.45 bits per heavy atom. The van der Waals surface area contributed by atoms with Crippen LogP contribution in [0.2, 0.25) is 0 Å². The highest BCUT2D eigenvalue weighted by atomic mass is 16.5. The summed E-state index contributed by atoms with van der Waals surface area (Å²) in [4.78, 5) is 23.3. The number of benzene rings is 1. The average molecular weight is 434 g/mol.